The lowest BCUT2D eigenvalue weighted by Crippen LogP contribution is -2.12. The molecule has 0 aromatic heterocycles. The molecule has 0 amide bonds. The van der Waals surface area contributed by atoms with Crippen molar-refractivity contribution < 1.29 is 4.74 Å². The van der Waals surface area contributed by atoms with Crippen molar-refractivity contribution in [3.05, 3.63) is 84.0 Å². The van der Waals surface area contributed by atoms with Crippen LogP contribution in [-0.4, -0.2) is 6.61 Å². The first kappa shape index (κ1) is 22.6. The molecule has 0 heterocycles. The quantitative estimate of drug-likeness (QED) is 0.286. The summed E-state index contributed by atoms with van der Waals surface area (Å²) in [6.07, 6.45) is 17.9. The van der Waals surface area contributed by atoms with E-state index in [0.717, 1.165) is 24.7 Å². The van der Waals surface area contributed by atoms with Gasteiger partial charge in [0.05, 0.1) is 13.2 Å². The van der Waals surface area contributed by atoms with E-state index in [4.69, 9.17) is 4.74 Å². The van der Waals surface area contributed by atoms with E-state index >= 15 is 0 Å². The highest BCUT2D eigenvalue weighted by Gasteiger charge is 2.21. The average Bonchev–Trinajstić information content (AvgIpc) is 2.80. The third-order valence-electron chi connectivity index (χ3n) is 6.27. The lowest BCUT2D eigenvalue weighted by molar-refractivity contribution is 0.148. The highest BCUT2D eigenvalue weighted by atomic mass is 16.5. The highest BCUT2D eigenvalue weighted by Crippen LogP contribution is 2.37. The van der Waals surface area contributed by atoms with Gasteiger partial charge in [0.25, 0.3) is 0 Å². The lowest BCUT2D eigenvalue weighted by Gasteiger charge is -2.28. The van der Waals surface area contributed by atoms with E-state index in [-0.39, 0.29) is 0 Å². The second-order valence-corrected chi connectivity index (χ2v) is 8.55. The largest absolute Gasteiger partial charge is 0.373 e. The van der Waals surface area contributed by atoms with Gasteiger partial charge in [-0.05, 0) is 79.0 Å². The molecule has 0 bridgehead atoms. The zero-order valence-electron chi connectivity index (χ0n) is 18.9. The molecule has 3 rings (SSSR count). The van der Waals surface area contributed by atoms with Crippen LogP contribution in [-0.2, 0) is 11.3 Å². The fraction of sp³-hybridized carbons (Fsp3) is 0.448. The van der Waals surface area contributed by atoms with Crippen LogP contribution in [0.25, 0.3) is 11.1 Å². The normalized spacial score (nSPS) is 19.7. The molecule has 1 saturated carbocycles. The molecule has 2 aromatic rings. The molecule has 0 N–H and O–H groups in total. The summed E-state index contributed by atoms with van der Waals surface area (Å²) in [5.41, 5.74) is 5.33. The first-order valence-electron chi connectivity index (χ1n) is 11.9. The fourth-order valence-corrected chi connectivity index (χ4v) is 4.41. The second-order valence-electron chi connectivity index (χ2n) is 8.55. The predicted molar refractivity (Wildman–Crippen MR) is 130 cm³/mol. The molecule has 1 nitrogen and oxygen atoms in total. The minimum absolute atomic E-state index is 0.671. The van der Waals surface area contributed by atoms with Gasteiger partial charge in [-0.25, -0.2) is 0 Å². The Labute approximate surface area is 183 Å². The highest BCUT2D eigenvalue weighted by molar-refractivity contribution is 5.64. The zero-order chi connectivity index (χ0) is 21.0. The van der Waals surface area contributed by atoms with Crippen molar-refractivity contribution in [2.45, 2.75) is 71.3 Å². The van der Waals surface area contributed by atoms with Crippen molar-refractivity contribution in [2.75, 3.05) is 6.61 Å². The Kier molecular flexibility index (Phi) is 9.44. The number of hydrogen-bond donors (Lipinski definition) is 0. The van der Waals surface area contributed by atoms with Gasteiger partial charge in [-0.15, -0.1) is 0 Å². The Morgan fingerprint density at radius 3 is 1.97 bits per heavy atom. The maximum Gasteiger partial charge on any atom is 0.0721 e. The van der Waals surface area contributed by atoms with E-state index in [0.29, 0.717) is 13.2 Å². The van der Waals surface area contributed by atoms with Crippen LogP contribution in [0.15, 0.2) is 72.8 Å². The van der Waals surface area contributed by atoms with E-state index in [2.05, 4.69) is 86.7 Å². The van der Waals surface area contributed by atoms with Gasteiger partial charge in [-0.2, -0.15) is 0 Å². The monoisotopic (exact) mass is 402 g/mol. The summed E-state index contributed by atoms with van der Waals surface area (Å²) >= 11 is 0. The molecule has 1 aliphatic carbocycles. The second kappa shape index (κ2) is 12.5. The van der Waals surface area contributed by atoms with Crippen LogP contribution in [0, 0.1) is 5.92 Å². The molecule has 160 valence electrons. The molecule has 1 aliphatic rings. The molecule has 1 heteroatoms. The number of allylic oxidation sites excluding steroid dienone is 3. The van der Waals surface area contributed by atoms with E-state index in [9.17, 15) is 0 Å². The Balaban J connectivity index is 1.49. The molecular formula is C29H38O. The SMILES string of the molecule is CC/C=C/COCc1ccc(-c2ccc([C@H]3CC[C@H](C/C=C/CC)CC3)cc2)cc1. The summed E-state index contributed by atoms with van der Waals surface area (Å²) in [7, 11) is 0. The van der Waals surface area contributed by atoms with Crippen molar-refractivity contribution in [1.82, 2.24) is 0 Å². The van der Waals surface area contributed by atoms with E-state index < -0.39 is 0 Å². The standard InChI is InChI=1S/C29H38O/c1-3-5-7-9-24-10-14-26(15-11-24)28-18-20-29(21-19-28)27-16-12-25(13-17-27)23-30-22-8-6-4-2/h5-8,12-13,16-21,24,26H,3-4,9-11,14-15,22-23H2,1-2H3/b7-5+,8-6+/t24-,26-. The van der Waals surface area contributed by atoms with E-state index in [1.54, 1.807) is 0 Å². The third kappa shape index (κ3) is 6.99. The molecule has 0 aliphatic heterocycles. The van der Waals surface area contributed by atoms with Crippen molar-refractivity contribution in [1.29, 1.82) is 0 Å². The van der Waals surface area contributed by atoms with Crippen molar-refractivity contribution in [3.8, 4) is 11.1 Å². The number of ether oxygens (including phenoxy) is 1. The van der Waals surface area contributed by atoms with Gasteiger partial charge in [0.2, 0.25) is 0 Å². The Morgan fingerprint density at radius 2 is 1.33 bits per heavy atom. The Bertz CT molecular complexity index is 774. The third-order valence-corrected chi connectivity index (χ3v) is 6.27. The van der Waals surface area contributed by atoms with Crippen molar-refractivity contribution in [3.63, 3.8) is 0 Å². The molecule has 1 fully saturated rings. The number of rotatable bonds is 10. The first-order chi connectivity index (χ1) is 14.8. The Hall–Kier alpha value is -2.12. The smallest absolute Gasteiger partial charge is 0.0721 e. The van der Waals surface area contributed by atoms with Crippen LogP contribution in [0.3, 0.4) is 0 Å². The maximum atomic E-state index is 5.69. The van der Waals surface area contributed by atoms with Crippen LogP contribution in [0.4, 0.5) is 0 Å². The average molecular weight is 403 g/mol. The van der Waals surface area contributed by atoms with Gasteiger partial charge < -0.3 is 4.74 Å². The summed E-state index contributed by atoms with van der Waals surface area (Å²) in [6.45, 7) is 5.71. The zero-order valence-corrected chi connectivity index (χ0v) is 18.9. The van der Waals surface area contributed by atoms with Gasteiger partial charge in [0.1, 0.15) is 0 Å². The molecule has 0 spiro atoms. The minimum atomic E-state index is 0.671. The molecular weight excluding hydrogens is 364 g/mol. The van der Waals surface area contributed by atoms with Gasteiger partial charge in [-0.1, -0.05) is 86.7 Å². The topological polar surface area (TPSA) is 9.23 Å². The number of benzene rings is 2. The van der Waals surface area contributed by atoms with E-state index in [1.165, 1.54) is 54.4 Å². The van der Waals surface area contributed by atoms with Crippen LogP contribution in [0.1, 0.15) is 75.8 Å². The van der Waals surface area contributed by atoms with Crippen molar-refractivity contribution in [2.24, 2.45) is 5.92 Å². The summed E-state index contributed by atoms with van der Waals surface area (Å²) in [5.74, 6) is 1.64. The Morgan fingerprint density at radius 1 is 0.733 bits per heavy atom. The maximum absolute atomic E-state index is 5.69. The minimum Gasteiger partial charge on any atom is -0.373 e. The summed E-state index contributed by atoms with van der Waals surface area (Å²) in [5, 5.41) is 0. The summed E-state index contributed by atoms with van der Waals surface area (Å²) in [6, 6.07) is 18.1. The first-order valence-corrected chi connectivity index (χ1v) is 11.9. The molecule has 2 aromatic carbocycles. The summed E-state index contributed by atoms with van der Waals surface area (Å²) < 4.78 is 5.69. The van der Waals surface area contributed by atoms with Crippen molar-refractivity contribution >= 4 is 0 Å². The van der Waals surface area contributed by atoms with Crippen LogP contribution < -0.4 is 0 Å². The van der Waals surface area contributed by atoms with Crippen LogP contribution >= 0.6 is 0 Å². The van der Waals surface area contributed by atoms with Gasteiger partial charge in [-0.3, -0.25) is 0 Å². The number of hydrogen-bond acceptors (Lipinski definition) is 1. The van der Waals surface area contributed by atoms with Crippen LogP contribution in [0.5, 0.6) is 0 Å². The predicted octanol–water partition coefficient (Wildman–Crippen LogP) is 8.47. The summed E-state index contributed by atoms with van der Waals surface area (Å²) in [4.78, 5) is 0. The molecule has 0 unspecified atom stereocenters. The van der Waals surface area contributed by atoms with Gasteiger partial charge >= 0.3 is 0 Å². The molecule has 30 heavy (non-hydrogen) atoms. The van der Waals surface area contributed by atoms with E-state index in [1.807, 2.05) is 0 Å². The molecule has 0 radical (unpaired) electrons. The van der Waals surface area contributed by atoms with Gasteiger partial charge in [0, 0.05) is 0 Å². The molecule has 0 atom stereocenters. The lowest BCUT2D eigenvalue weighted by atomic mass is 9.77. The van der Waals surface area contributed by atoms with Gasteiger partial charge in [0.15, 0.2) is 0 Å². The molecule has 0 saturated heterocycles. The fourth-order valence-electron chi connectivity index (χ4n) is 4.41. The van der Waals surface area contributed by atoms with Crippen LogP contribution in [0.2, 0.25) is 0 Å².